The lowest BCUT2D eigenvalue weighted by Crippen LogP contribution is -2.56. The summed E-state index contributed by atoms with van der Waals surface area (Å²) in [6.45, 7) is 0.386. The molecule has 0 aliphatic carbocycles. The molecule has 2 bridgehead atoms. The Bertz CT molecular complexity index is 1230. The minimum Gasteiger partial charge on any atom is -0.497 e. The molecule has 2 unspecified atom stereocenters. The molecule has 4 heterocycles. The standard InChI is InChI=1S/C21H17F4N5O3/c1-32-12-5-6-26-15(7-12)18-27-28-19-16-10-33-9-11(8-29(18)19)30(16)20(31)13-3-2-4-14(17(13)22)21(23,24)25/h2-7,11,16H,8-10H2,1H3. The van der Waals surface area contributed by atoms with Crippen LogP contribution in [0.25, 0.3) is 11.5 Å². The summed E-state index contributed by atoms with van der Waals surface area (Å²) in [6, 6.07) is 4.75. The van der Waals surface area contributed by atoms with Crippen LogP contribution < -0.4 is 4.74 Å². The largest absolute Gasteiger partial charge is 0.497 e. The second kappa shape index (κ2) is 7.80. The Morgan fingerprint density at radius 1 is 1.21 bits per heavy atom. The highest BCUT2D eigenvalue weighted by Gasteiger charge is 2.45. The maximum absolute atomic E-state index is 14.7. The summed E-state index contributed by atoms with van der Waals surface area (Å²) in [4.78, 5) is 18.9. The Kier molecular flexibility index (Phi) is 5.04. The smallest absolute Gasteiger partial charge is 0.419 e. The summed E-state index contributed by atoms with van der Waals surface area (Å²) in [5, 5.41) is 8.41. The maximum atomic E-state index is 14.7. The number of morpholine rings is 1. The van der Waals surface area contributed by atoms with Crippen molar-refractivity contribution in [3.63, 3.8) is 0 Å². The number of halogens is 4. The van der Waals surface area contributed by atoms with Crippen LogP contribution in [0.2, 0.25) is 0 Å². The van der Waals surface area contributed by atoms with Gasteiger partial charge >= 0.3 is 6.18 Å². The van der Waals surface area contributed by atoms with Gasteiger partial charge in [0.2, 0.25) is 0 Å². The van der Waals surface area contributed by atoms with Crippen LogP contribution in [0.1, 0.15) is 27.8 Å². The first-order chi connectivity index (χ1) is 15.8. The van der Waals surface area contributed by atoms with E-state index in [4.69, 9.17) is 9.47 Å². The van der Waals surface area contributed by atoms with Gasteiger partial charge in [-0.1, -0.05) is 6.07 Å². The van der Waals surface area contributed by atoms with Crippen molar-refractivity contribution in [3.8, 4) is 17.3 Å². The van der Waals surface area contributed by atoms with Gasteiger partial charge in [0.25, 0.3) is 5.91 Å². The maximum Gasteiger partial charge on any atom is 0.419 e. The van der Waals surface area contributed by atoms with E-state index < -0.39 is 41.1 Å². The highest BCUT2D eigenvalue weighted by molar-refractivity contribution is 5.95. The number of hydrogen-bond donors (Lipinski definition) is 0. The van der Waals surface area contributed by atoms with E-state index in [0.717, 1.165) is 12.1 Å². The third-order valence-corrected chi connectivity index (χ3v) is 5.75. The number of pyridine rings is 1. The third kappa shape index (κ3) is 3.50. The van der Waals surface area contributed by atoms with Crippen molar-refractivity contribution in [2.45, 2.75) is 24.8 Å². The number of nitrogens with zero attached hydrogens (tertiary/aromatic N) is 5. The molecule has 8 nitrogen and oxygen atoms in total. The highest BCUT2D eigenvalue weighted by atomic mass is 19.4. The van der Waals surface area contributed by atoms with E-state index in [1.165, 1.54) is 12.0 Å². The van der Waals surface area contributed by atoms with Gasteiger partial charge in [-0.3, -0.25) is 9.78 Å². The van der Waals surface area contributed by atoms with Gasteiger partial charge in [-0.15, -0.1) is 10.2 Å². The van der Waals surface area contributed by atoms with E-state index >= 15 is 0 Å². The normalized spacial score (nSPS) is 19.8. The van der Waals surface area contributed by atoms with Gasteiger partial charge in [0, 0.05) is 18.8 Å². The van der Waals surface area contributed by atoms with Gasteiger partial charge in [0.05, 0.1) is 37.5 Å². The number of ether oxygens (including phenoxy) is 2. The minimum absolute atomic E-state index is 0.0481. The Hall–Kier alpha value is -3.54. The van der Waals surface area contributed by atoms with E-state index in [1.54, 1.807) is 22.9 Å². The van der Waals surface area contributed by atoms with Gasteiger partial charge in [0.15, 0.2) is 11.6 Å². The van der Waals surface area contributed by atoms with E-state index in [1.807, 2.05) is 0 Å². The molecular weight excluding hydrogens is 446 g/mol. The predicted octanol–water partition coefficient (Wildman–Crippen LogP) is 3.10. The van der Waals surface area contributed by atoms with Crippen LogP contribution >= 0.6 is 0 Å². The summed E-state index contributed by atoms with van der Waals surface area (Å²) >= 11 is 0. The second-order valence-electron chi connectivity index (χ2n) is 7.66. The van der Waals surface area contributed by atoms with Crippen molar-refractivity contribution < 1.29 is 31.8 Å². The van der Waals surface area contributed by atoms with E-state index in [9.17, 15) is 22.4 Å². The van der Waals surface area contributed by atoms with E-state index in [-0.39, 0.29) is 19.8 Å². The van der Waals surface area contributed by atoms with Crippen LogP contribution in [0.5, 0.6) is 5.75 Å². The van der Waals surface area contributed by atoms with Crippen LogP contribution in [0.4, 0.5) is 17.6 Å². The van der Waals surface area contributed by atoms with Gasteiger partial charge in [-0.2, -0.15) is 13.2 Å². The summed E-state index contributed by atoms with van der Waals surface area (Å²) < 4.78 is 66.8. The molecule has 1 aromatic carbocycles. The number of methoxy groups -OCH3 is 1. The number of fused-ring (bicyclic) bond motifs is 4. The fraction of sp³-hybridized carbons (Fsp3) is 0.333. The molecule has 1 fully saturated rings. The summed E-state index contributed by atoms with van der Waals surface area (Å²) in [5.41, 5.74) is -1.62. The molecule has 0 N–H and O–H groups in total. The Morgan fingerprint density at radius 3 is 2.79 bits per heavy atom. The lowest BCUT2D eigenvalue weighted by atomic mass is 10.0. The van der Waals surface area contributed by atoms with Crippen molar-refractivity contribution >= 4 is 5.91 Å². The molecule has 2 aromatic heterocycles. The molecule has 172 valence electrons. The third-order valence-electron chi connectivity index (χ3n) is 5.75. The van der Waals surface area contributed by atoms with E-state index in [0.29, 0.717) is 29.2 Å². The fourth-order valence-electron chi connectivity index (χ4n) is 4.24. The molecule has 33 heavy (non-hydrogen) atoms. The molecule has 12 heteroatoms. The molecule has 0 radical (unpaired) electrons. The molecule has 2 aliphatic rings. The van der Waals surface area contributed by atoms with Crippen molar-refractivity contribution in [3.05, 3.63) is 59.3 Å². The molecule has 5 rings (SSSR count). The predicted molar refractivity (Wildman–Crippen MR) is 105 cm³/mol. The Balaban J connectivity index is 1.54. The second-order valence-corrected chi connectivity index (χ2v) is 7.66. The molecular formula is C21H17F4N5O3. The van der Waals surface area contributed by atoms with Crippen LogP contribution in [0, 0.1) is 5.82 Å². The van der Waals surface area contributed by atoms with Crippen LogP contribution in [0.3, 0.4) is 0 Å². The number of alkyl halides is 3. The summed E-state index contributed by atoms with van der Waals surface area (Å²) in [6.07, 6.45) is -3.35. The van der Waals surface area contributed by atoms with Crippen molar-refractivity contribution in [2.24, 2.45) is 0 Å². The highest BCUT2D eigenvalue weighted by Crippen LogP contribution is 2.38. The lowest BCUT2D eigenvalue weighted by Gasteiger charge is -2.45. The topological polar surface area (TPSA) is 82.4 Å². The molecule has 2 atom stereocenters. The van der Waals surface area contributed by atoms with Crippen molar-refractivity contribution in [1.82, 2.24) is 24.6 Å². The first kappa shape index (κ1) is 21.3. The Morgan fingerprint density at radius 2 is 2.03 bits per heavy atom. The lowest BCUT2D eigenvalue weighted by molar-refractivity contribution is -0.140. The molecule has 2 aliphatic heterocycles. The number of aromatic nitrogens is 4. The van der Waals surface area contributed by atoms with Gasteiger partial charge in [-0.05, 0) is 18.2 Å². The molecule has 1 saturated heterocycles. The number of hydrogen-bond acceptors (Lipinski definition) is 6. The Labute approximate surface area is 184 Å². The zero-order valence-corrected chi connectivity index (χ0v) is 17.2. The number of rotatable bonds is 3. The zero-order valence-electron chi connectivity index (χ0n) is 17.2. The molecule has 0 spiro atoms. The van der Waals surface area contributed by atoms with Crippen molar-refractivity contribution in [2.75, 3.05) is 20.3 Å². The first-order valence-corrected chi connectivity index (χ1v) is 9.99. The van der Waals surface area contributed by atoms with Crippen LogP contribution in [0.15, 0.2) is 36.5 Å². The number of carbonyl (C=O) groups is 1. The average Bonchev–Trinajstić information content (AvgIpc) is 3.21. The van der Waals surface area contributed by atoms with Crippen molar-refractivity contribution in [1.29, 1.82) is 0 Å². The SMILES string of the molecule is COc1ccnc(-c2nnc3n2CC2COCC3N2C(=O)c2cccc(C(F)(F)F)c2F)c1. The van der Waals surface area contributed by atoms with Gasteiger partial charge < -0.3 is 18.9 Å². The van der Waals surface area contributed by atoms with Crippen LogP contribution in [-0.2, 0) is 17.5 Å². The average molecular weight is 463 g/mol. The number of amides is 1. The fourth-order valence-corrected chi connectivity index (χ4v) is 4.24. The first-order valence-electron chi connectivity index (χ1n) is 9.99. The summed E-state index contributed by atoms with van der Waals surface area (Å²) in [5.74, 6) is -1.03. The molecule has 3 aromatic rings. The van der Waals surface area contributed by atoms with Gasteiger partial charge in [-0.25, -0.2) is 4.39 Å². The van der Waals surface area contributed by atoms with E-state index in [2.05, 4.69) is 15.2 Å². The molecule has 1 amide bonds. The molecule has 0 saturated carbocycles. The summed E-state index contributed by atoms with van der Waals surface area (Å²) in [7, 11) is 1.52. The monoisotopic (exact) mass is 463 g/mol. The number of carbonyl (C=O) groups excluding carboxylic acids is 1. The van der Waals surface area contributed by atoms with Gasteiger partial charge in [0.1, 0.15) is 23.3 Å². The zero-order chi connectivity index (χ0) is 23.3. The number of benzene rings is 1. The van der Waals surface area contributed by atoms with Crippen LogP contribution in [-0.4, -0.2) is 56.9 Å². The minimum atomic E-state index is -4.92. The quantitative estimate of drug-likeness (QED) is 0.556.